The number of hydrogen-bond donors (Lipinski definition) is 2. The van der Waals surface area contributed by atoms with Crippen molar-refractivity contribution < 1.29 is 27.5 Å². The Morgan fingerprint density at radius 1 is 1.39 bits per heavy atom. The molecular weight excluding hydrogens is 254 g/mol. The topological polar surface area (TPSA) is 49.3 Å². The number of rotatable bonds is 4. The van der Waals surface area contributed by atoms with Gasteiger partial charge in [0.2, 0.25) is 0 Å². The maximum Gasteiger partial charge on any atom is 0.416 e. The number of anilines is 1. The van der Waals surface area contributed by atoms with Gasteiger partial charge in [-0.3, -0.25) is 0 Å². The monoisotopic (exact) mass is 265 g/mol. The SMILES string of the molecule is C[C@H](F)C(Nc1cccc(C(F)(F)F)c1)C(=O)O. The summed E-state index contributed by atoms with van der Waals surface area (Å²) in [7, 11) is 0. The zero-order valence-electron chi connectivity index (χ0n) is 9.33. The van der Waals surface area contributed by atoms with Crippen molar-refractivity contribution in [3.63, 3.8) is 0 Å². The first-order valence-corrected chi connectivity index (χ1v) is 5.02. The van der Waals surface area contributed by atoms with Gasteiger partial charge in [0.15, 0.2) is 6.04 Å². The van der Waals surface area contributed by atoms with Gasteiger partial charge in [0.1, 0.15) is 6.17 Å². The number of alkyl halides is 4. The van der Waals surface area contributed by atoms with E-state index in [1.165, 1.54) is 6.07 Å². The largest absolute Gasteiger partial charge is 0.480 e. The lowest BCUT2D eigenvalue weighted by atomic mass is 10.1. The molecule has 0 amide bonds. The number of carbonyl (C=O) groups is 1. The molecule has 0 saturated heterocycles. The van der Waals surface area contributed by atoms with Gasteiger partial charge in [-0.05, 0) is 25.1 Å². The molecule has 18 heavy (non-hydrogen) atoms. The van der Waals surface area contributed by atoms with Crippen molar-refractivity contribution in [3.05, 3.63) is 29.8 Å². The smallest absolute Gasteiger partial charge is 0.416 e. The second kappa shape index (κ2) is 5.24. The average molecular weight is 265 g/mol. The van der Waals surface area contributed by atoms with E-state index in [0.717, 1.165) is 25.1 Å². The van der Waals surface area contributed by atoms with Crippen LogP contribution in [0.3, 0.4) is 0 Å². The van der Waals surface area contributed by atoms with E-state index in [1.54, 1.807) is 0 Å². The van der Waals surface area contributed by atoms with Crippen LogP contribution in [-0.4, -0.2) is 23.3 Å². The van der Waals surface area contributed by atoms with Gasteiger partial charge in [-0.15, -0.1) is 0 Å². The first-order valence-electron chi connectivity index (χ1n) is 5.02. The summed E-state index contributed by atoms with van der Waals surface area (Å²) in [5, 5.41) is 10.9. The fourth-order valence-corrected chi connectivity index (χ4v) is 1.34. The molecule has 0 fully saturated rings. The van der Waals surface area contributed by atoms with Crippen molar-refractivity contribution in [1.82, 2.24) is 0 Å². The summed E-state index contributed by atoms with van der Waals surface area (Å²) in [5.74, 6) is -1.47. The molecule has 0 spiro atoms. The molecule has 0 heterocycles. The van der Waals surface area contributed by atoms with Crippen LogP contribution in [0.1, 0.15) is 12.5 Å². The summed E-state index contributed by atoms with van der Waals surface area (Å²) in [6.07, 6.45) is -6.27. The minimum absolute atomic E-state index is 0.0956. The van der Waals surface area contributed by atoms with Crippen LogP contribution in [0.2, 0.25) is 0 Å². The van der Waals surface area contributed by atoms with Gasteiger partial charge in [-0.1, -0.05) is 6.07 Å². The zero-order chi connectivity index (χ0) is 13.9. The molecule has 2 N–H and O–H groups in total. The number of carboxylic acid groups (broad SMARTS) is 1. The lowest BCUT2D eigenvalue weighted by molar-refractivity contribution is -0.139. The highest BCUT2D eigenvalue weighted by Gasteiger charge is 2.31. The van der Waals surface area contributed by atoms with Crippen LogP contribution in [0.25, 0.3) is 0 Å². The third-order valence-electron chi connectivity index (χ3n) is 2.24. The molecule has 100 valence electrons. The van der Waals surface area contributed by atoms with E-state index in [2.05, 4.69) is 5.32 Å². The summed E-state index contributed by atoms with van der Waals surface area (Å²) >= 11 is 0. The molecule has 7 heteroatoms. The van der Waals surface area contributed by atoms with Gasteiger partial charge in [0, 0.05) is 5.69 Å². The van der Waals surface area contributed by atoms with E-state index in [-0.39, 0.29) is 5.69 Å². The Balaban J connectivity index is 2.94. The van der Waals surface area contributed by atoms with Gasteiger partial charge < -0.3 is 10.4 Å². The first-order chi connectivity index (χ1) is 8.21. The van der Waals surface area contributed by atoms with Gasteiger partial charge in [0.05, 0.1) is 5.56 Å². The van der Waals surface area contributed by atoms with Gasteiger partial charge in [0.25, 0.3) is 0 Å². The number of aliphatic carboxylic acids is 1. The highest BCUT2D eigenvalue weighted by Crippen LogP contribution is 2.30. The molecule has 0 bridgehead atoms. The molecule has 0 saturated carbocycles. The van der Waals surface area contributed by atoms with Gasteiger partial charge >= 0.3 is 12.1 Å². The van der Waals surface area contributed by atoms with E-state index >= 15 is 0 Å². The molecule has 1 aromatic rings. The van der Waals surface area contributed by atoms with E-state index < -0.39 is 29.9 Å². The predicted octanol–water partition coefficient (Wildman–Crippen LogP) is 2.93. The van der Waals surface area contributed by atoms with E-state index in [9.17, 15) is 22.4 Å². The summed E-state index contributed by atoms with van der Waals surface area (Å²) in [6, 6.07) is 2.35. The standard InChI is InChI=1S/C11H11F4NO2/c1-6(12)9(10(17)18)16-8-4-2-3-7(5-8)11(13,14)15/h2-6,9,16H,1H3,(H,17,18)/t6-,9?/m0/s1. The molecule has 0 aliphatic carbocycles. The highest BCUT2D eigenvalue weighted by molar-refractivity contribution is 5.78. The van der Waals surface area contributed by atoms with Crippen LogP contribution >= 0.6 is 0 Å². The Kier molecular flexibility index (Phi) is 4.15. The van der Waals surface area contributed by atoms with Gasteiger partial charge in [-0.25, -0.2) is 9.18 Å². The second-order valence-electron chi connectivity index (χ2n) is 3.72. The van der Waals surface area contributed by atoms with E-state index in [4.69, 9.17) is 5.11 Å². The molecule has 0 aliphatic rings. The number of carboxylic acids is 1. The Morgan fingerprint density at radius 2 is 2.00 bits per heavy atom. The summed E-state index contributed by atoms with van der Waals surface area (Å²) in [4.78, 5) is 10.7. The molecule has 1 rings (SSSR count). The van der Waals surface area contributed by atoms with Crippen LogP contribution in [0.15, 0.2) is 24.3 Å². The normalized spacial score (nSPS) is 14.9. The molecule has 3 nitrogen and oxygen atoms in total. The summed E-state index contributed by atoms with van der Waals surface area (Å²) in [5.41, 5.74) is -1.02. The molecule has 2 atom stereocenters. The van der Waals surface area contributed by atoms with Crippen LogP contribution in [-0.2, 0) is 11.0 Å². The molecule has 0 radical (unpaired) electrons. The fraction of sp³-hybridized carbons (Fsp3) is 0.364. The second-order valence-corrected chi connectivity index (χ2v) is 3.72. The van der Waals surface area contributed by atoms with Crippen molar-refractivity contribution in [2.45, 2.75) is 25.3 Å². The van der Waals surface area contributed by atoms with E-state index in [1.807, 2.05) is 0 Å². The van der Waals surface area contributed by atoms with Gasteiger partial charge in [-0.2, -0.15) is 13.2 Å². The van der Waals surface area contributed by atoms with Crippen LogP contribution in [0.5, 0.6) is 0 Å². The minimum atomic E-state index is -4.53. The van der Waals surface area contributed by atoms with Crippen molar-refractivity contribution >= 4 is 11.7 Å². The predicted molar refractivity (Wildman–Crippen MR) is 57.1 cm³/mol. The van der Waals surface area contributed by atoms with Crippen molar-refractivity contribution in [1.29, 1.82) is 0 Å². The summed E-state index contributed by atoms with van der Waals surface area (Å²) < 4.78 is 50.2. The summed E-state index contributed by atoms with van der Waals surface area (Å²) in [6.45, 7) is 1.01. The molecule has 0 aliphatic heterocycles. The lowest BCUT2D eigenvalue weighted by Crippen LogP contribution is -2.36. The number of halogens is 4. The maximum absolute atomic E-state index is 13.0. The number of benzene rings is 1. The molecular formula is C11H11F4NO2. The Bertz CT molecular complexity index is 431. The lowest BCUT2D eigenvalue weighted by Gasteiger charge is -2.17. The zero-order valence-corrected chi connectivity index (χ0v) is 9.33. The van der Waals surface area contributed by atoms with Crippen LogP contribution in [0, 0.1) is 0 Å². The quantitative estimate of drug-likeness (QED) is 0.823. The Hall–Kier alpha value is -1.79. The number of hydrogen-bond acceptors (Lipinski definition) is 2. The van der Waals surface area contributed by atoms with Crippen LogP contribution in [0.4, 0.5) is 23.2 Å². The average Bonchev–Trinajstić information content (AvgIpc) is 2.24. The fourth-order valence-electron chi connectivity index (χ4n) is 1.34. The minimum Gasteiger partial charge on any atom is -0.480 e. The first kappa shape index (κ1) is 14.3. The molecule has 0 aromatic heterocycles. The number of nitrogens with one attached hydrogen (secondary N) is 1. The van der Waals surface area contributed by atoms with E-state index in [0.29, 0.717) is 0 Å². The maximum atomic E-state index is 13.0. The molecule has 1 unspecified atom stereocenters. The van der Waals surface area contributed by atoms with Crippen molar-refractivity contribution in [2.75, 3.05) is 5.32 Å². The third kappa shape index (κ3) is 3.61. The molecule has 1 aromatic carbocycles. The Labute approximate surface area is 100 Å². The Morgan fingerprint density at radius 3 is 2.44 bits per heavy atom. The van der Waals surface area contributed by atoms with Crippen molar-refractivity contribution in [2.24, 2.45) is 0 Å². The third-order valence-corrected chi connectivity index (χ3v) is 2.24. The highest BCUT2D eigenvalue weighted by atomic mass is 19.4. The van der Waals surface area contributed by atoms with Crippen LogP contribution < -0.4 is 5.32 Å². The van der Waals surface area contributed by atoms with Crippen molar-refractivity contribution in [3.8, 4) is 0 Å².